The fourth-order valence-corrected chi connectivity index (χ4v) is 6.90. The number of allylic oxidation sites excluding steroid dienone is 1. The smallest absolute Gasteiger partial charge is 0.338 e. The van der Waals surface area contributed by atoms with Crippen molar-refractivity contribution in [1.82, 2.24) is 9.55 Å². The van der Waals surface area contributed by atoms with Crippen LogP contribution in [0.4, 0.5) is 0 Å². The fourth-order valence-electron chi connectivity index (χ4n) is 5.90. The number of benzene rings is 3. The van der Waals surface area contributed by atoms with E-state index in [0.29, 0.717) is 49.8 Å². The highest BCUT2D eigenvalue weighted by molar-refractivity contribution is 7.07. The molecule has 5 aromatic rings. The molecule has 0 fully saturated rings. The lowest BCUT2D eigenvalue weighted by atomic mass is 9.93. The standard InChI is InChI=1S/C36H35N3O6S/c1-6-11-28-31(35(41)45-7-2)33(26-19-23(43-4)15-17-29(26)44-5)39-34(40)30(46-36(39)38-28)20-25-24-18-22(42-3)14-16-27(24)37-32(25)21-12-9-8-10-13-21/h8-10,12-20,33,37H,6-7,11H2,1-5H3/b30-20-/t33-/m1/s1. The summed E-state index contributed by atoms with van der Waals surface area (Å²) in [6.45, 7) is 3.97. The first-order valence-corrected chi connectivity index (χ1v) is 15.9. The number of esters is 1. The molecule has 3 aromatic carbocycles. The Balaban J connectivity index is 1.67. The second kappa shape index (κ2) is 13.1. The second-order valence-corrected chi connectivity index (χ2v) is 11.7. The topological polar surface area (TPSA) is 104 Å². The van der Waals surface area contributed by atoms with E-state index in [0.717, 1.165) is 34.1 Å². The maximum absolute atomic E-state index is 14.6. The molecule has 0 saturated carbocycles. The molecule has 0 aliphatic carbocycles. The zero-order valence-electron chi connectivity index (χ0n) is 26.4. The van der Waals surface area contributed by atoms with Crippen LogP contribution in [0.3, 0.4) is 0 Å². The van der Waals surface area contributed by atoms with Gasteiger partial charge in [-0.05, 0) is 61.4 Å². The number of nitrogens with one attached hydrogen (secondary N) is 1. The minimum atomic E-state index is -0.847. The van der Waals surface area contributed by atoms with Crippen LogP contribution in [-0.4, -0.2) is 43.5 Å². The van der Waals surface area contributed by atoms with Gasteiger partial charge in [-0.3, -0.25) is 9.36 Å². The lowest BCUT2D eigenvalue weighted by Crippen LogP contribution is -2.40. The largest absolute Gasteiger partial charge is 0.497 e. The molecule has 0 unspecified atom stereocenters. The molecular formula is C36H35N3O6S. The van der Waals surface area contributed by atoms with Crippen molar-refractivity contribution in [3.63, 3.8) is 0 Å². The van der Waals surface area contributed by atoms with Gasteiger partial charge in [-0.1, -0.05) is 55.0 Å². The number of aromatic amines is 1. The average Bonchev–Trinajstić information content (AvgIpc) is 3.60. The first-order chi connectivity index (χ1) is 22.4. The molecule has 0 saturated heterocycles. The minimum absolute atomic E-state index is 0.181. The number of hydrogen-bond acceptors (Lipinski definition) is 8. The number of hydrogen-bond donors (Lipinski definition) is 1. The Labute approximate surface area is 270 Å². The van der Waals surface area contributed by atoms with Gasteiger partial charge >= 0.3 is 5.97 Å². The van der Waals surface area contributed by atoms with Crippen molar-refractivity contribution >= 4 is 34.3 Å². The molecule has 10 heteroatoms. The van der Waals surface area contributed by atoms with Gasteiger partial charge in [0.15, 0.2) is 4.80 Å². The third-order valence-electron chi connectivity index (χ3n) is 8.01. The van der Waals surface area contributed by atoms with E-state index < -0.39 is 12.0 Å². The number of aromatic nitrogens is 2. The molecule has 9 nitrogen and oxygen atoms in total. The van der Waals surface area contributed by atoms with Crippen LogP contribution in [0.15, 0.2) is 87.8 Å². The van der Waals surface area contributed by atoms with Crippen molar-refractivity contribution in [2.24, 2.45) is 4.99 Å². The molecule has 0 amide bonds. The molecule has 1 atom stereocenters. The van der Waals surface area contributed by atoms with E-state index in [-0.39, 0.29) is 12.2 Å². The van der Waals surface area contributed by atoms with E-state index in [1.165, 1.54) is 11.3 Å². The van der Waals surface area contributed by atoms with Gasteiger partial charge in [0.1, 0.15) is 23.3 Å². The number of nitrogens with zero attached hydrogens (tertiary/aromatic N) is 2. The van der Waals surface area contributed by atoms with Crippen molar-refractivity contribution in [3.05, 3.63) is 109 Å². The van der Waals surface area contributed by atoms with Crippen LogP contribution in [0, 0.1) is 0 Å². The summed E-state index contributed by atoms with van der Waals surface area (Å²) in [7, 11) is 4.76. The normalized spacial score (nSPS) is 14.6. The van der Waals surface area contributed by atoms with Crippen LogP contribution in [0.2, 0.25) is 0 Å². The van der Waals surface area contributed by atoms with Gasteiger partial charge in [-0.25, -0.2) is 9.79 Å². The summed E-state index contributed by atoms with van der Waals surface area (Å²) < 4.78 is 24.5. The quantitative estimate of drug-likeness (QED) is 0.196. The number of thiazole rings is 1. The van der Waals surface area contributed by atoms with Gasteiger partial charge in [0.05, 0.1) is 49.4 Å². The average molecular weight is 638 g/mol. The first-order valence-electron chi connectivity index (χ1n) is 15.1. The SMILES string of the molecule is CCCC1=C(C(=O)OCC)[C@@H](c2cc(OC)ccc2OC)n2c(s/c(=C\c3c(-c4ccccc4)[nH]c4ccc(OC)cc34)c2=O)=N1. The lowest BCUT2D eigenvalue weighted by Gasteiger charge is -2.27. The first kappa shape index (κ1) is 30.9. The highest BCUT2D eigenvalue weighted by Gasteiger charge is 2.36. The van der Waals surface area contributed by atoms with Crippen LogP contribution in [0.25, 0.3) is 28.2 Å². The summed E-state index contributed by atoms with van der Waals surface area (Å²) in [4.78, 5) is 37.2. The number of fused-ring (bicyclic) bond motifs is 2. The third-order valence-corrected chi connectivity index (χ3v) is 8.99. The molecular weight excluding hydrogens is 602 g/mol. The van der Waals surface area contributed by atoms with Crippen LogP contribution in [0.1, 0.15) is 43.9 Å². The summed E-state index contributed by atoms with van der Waals surface area (Å²) in [6.07, 6.45) is 3.18. The zero-order chi connectivity index (χ0) is 32.4. The molecule has 1 N–H and O–H groups in total. The highest BCUT2D eigenvalue weighted by atomic mass is 32.1. The fraction of sp³-hybridized carbons (Fsp3) is 0.250. The number of methoxy groups -OCH3 is 3. The molecule has 0 radical (unpaired) electrons. The van der Waals surface area contributed by atoms with Gasteiger partial charge in [-0.15, -0.1) is 0 Å². The summed E-state index contributed by atoms with van der Waals surface area (Å²) in [5.74, 6) is 1.26. The van der Waals surface area contributed by atoms with E-state index in [1.807, 2.05) is 61.5 Å². The molecule has 46 heavy (non-hydrogen) atoms. The van der Waals surface area contributed by atoms with Crippen molar-refractivity contribution in [1.29, 1.82) is 0 Å². The predicted molar refractivity (Wildman–Crippen MR) is 179 cm³/mol. The molecule has 236 valence electrons. The molecule has 0 bridgehead atoms. The van der Waals surface area contributed by atoms with E-state index >= 15 is 0 Å². The maximum atomic E-state index is 14.6. The van der Waals surface area contributed by atoms with Gasteiger partial charge in [-0.2, -0.15) is 0 Å². The van der Waals surface area contributed by atoms with Crippen molar-refractivity contribution in [2.45, 2.75) is 32.7 Å². The monoisotopic (exact) mass is 637 g/mol. The number of carbonyl (C=O) groups excluding carboxylic acids is 1. The van der Waals surface area contributed by atoms with Crippen molar-refractivity contribution in [3.8, 4) is 28.5 Å². The Morgan fingerprint density at radius 2 is 1.72 bits per heavy atom. The van der Waals surface area contributed by atoms with E-state index in [4.69, 9.17) is 23.9 Å². The number of carbonyl (C=O) groups is 1. The number of ether oxygens (including phenoxy) is 4. The van der Waals surface area contributed by atoms with Crippen LogP contribution < -0.4 is 29.1 Å². The summed E-state index contributed by atoms with van der Waals surface area (Å²) in [6, 6.07) is 20.3. The van der Waals surface area contributed by atoms with Gasteiger partial charge in [0.2, 0.25) is 0 Å². The summed E-state index contributed by atoms with van der Waals surface area (Å²) in [5.41, 5.74) is 4.83. The lowest BCUT2D eigenvalue weighted by molar-refractivity contribution is -0.139. The molecule has 6 rings (SSSR count). The van der Waals surface area contributed by atoms with Crippen molar-refractivity contribution < 1.29 is 23.7 Å². The number of H-pyrrole nitrogens is 1. The Bertz CT molecular complexity index is 2140. The summed E-state index contributed by atoms with van der Waals surface area (Å²) in [5, 5.41) is 0.911. The van der Waals surface area contributed by atoms with Crippen molar-refractivity contribution in [2.75, 3.05) is 27.9 Å². The molecule has 1 aliphatic rings. The minimum Gasteiger partial charge on any atom is -0.497 e. The molecule has 0 spiro atoms. The van der Waals surface area contributed by atoms with Gasteiger partial charge in [0, 0.05) is 22.0 Å². The van der Waals surface area contributed by atoms with Crippen LogP contribution >= 0.6 is 11.3 Å². The van der Waals surface area contributed by atoms with E-state index in [2.05, 4.69) is 4.98 Å². The maximum Gasteiger partial charge on any atom is 0.338 e. The highest BCUT2D eigenvalue weighted by Crippen LogP contribution is 2.39. The van der Waals surface area contributed by atoms with Gasteiger partial charge < -0.3 is 23.9 Å². The van der Waals surface area contributed by atoms with Crippen LogP contribution in [-0.2, 0) is 9.53 Å². The Morgan fingerprint density at radius 3 is 2.41 bits per heavy atom. The molecule has 3 heterocycles. The predicted octanol–water partition coefficient (Wildman–Crippen LogP) is 5.75. The van der Waals surface area contributed by atoms with Gasteiger partial charge in [0.25, 0.3) is 5.56 Å². The molecule has 1 aliphatic heterocycles. The second-order valence-electron chi connectivity index (χ2n) is 10.7. The van der Waals surface area contributed by atoms with Crippen LogP contribution in [0.5, 0.6) is 17.2 Å². The van der Waals surface area contributed by atoms with E-state index in [1.54, 1.807) is 51.0 Å². The Hall–Kier alpha value is -5.09. The van der Waals surface area contributed by atoms with E-state index in [9.17, 15) is 9.59 Å². The number of rotatable bonds is 10. The Morgan fingerprint density at radius 1 is 0.978 bits per heavy atom. The Kier molecular flexibility index (Phi) is 8.81. The summed E-state index contributed by atoms with van der Waals surface area (Å²) >= 11 is 1.29. The zero-order valence-corrected chi connectivity index (χ0v) is 27.2. The third kappa shape index (κ3) is 5.49. The molecule has 2 aromatic heterocycles.